The summed E-state index contributed by atoms with van der Waals surface area (Å²) in [5, 5.41) is 22.4. The molecule has 3 saturated heterocycles. The van der Waals surface area contributed by atoms with E-state index in [1.165, 1.54) is 4.90 Å². The molecule has 4 fully saturated rings. The number of ether oxygens (including phenoxy) is 1. The van der Waals surface area contributed by atoms with E-state index in [1.807, 2.05) is 12.1 Å². The van der Waals surface area contributed by atoms with E-state index >= 15 is 0 Å². The quantitative estimate of drug-likeness (QED) is 0.625. The number of aromatic nitrogens is 2. The lowest BCUT2D eigenvalue weighted by molar-refractivity contribution is -0.143. The highest BCUT2D eigenvalue weighted by Gasteiger charge is 2.56. The highest BCUT2D eigenvalue weighted by molar-refractivity contribution is 6.03. The van der Waals surface area contributed by atoms with E-state index in [-0.39, 0.29) is 31.0 Å². The molecule has 10 heteroatoms. The van der Waals surface area contributed by atoms with Crippen LogP contribution in [0.15, 0.2) is 36.7 Å². The molecule has 3 aliphatic heterocycles. The zero-order valence-electron chi connectivity index (χ0n) is 19.2. The molecular weight excluding hydrogens is 448 g/mol. The lowest BCUT2D eigenvalue weighted by Gasteiger charge is -2.37. The third-order valence-electron chi connectivity index (χ3n) is 7.74. The van der Waals surface area contributed by atoms with Gasteiger partial charge in [-0.1, -0.05) is 6.07 Å². The third-order valence-corrected chi connectivity index (χ3v) is 7.74. The van der Waals surface area contributed by atoms with Crippen LogP contribution < -0.4 is 10.2 Å². The summed E-state index contributed by atoms with van der Waals surface area (Å²) in [4.78, 5) is 38.2. The molecular formula is C25H26N6O4. The minimum absolute atomic E-state index is 0.0584. The minimum atomic E-state index is -1.98. The van der Waals surface area contributed by atoms with Crippen LogP contribution in [0.5, 0.6) is 0 Å². The van der Waals surface area contributed by atoms with Crippen LogP contribution in [0.4, 0.5) is 17.3 Å². The van der Waals surface area contributed by atoms with Gasteiger partial charge in [0.2, 0.25) is 11.5 Å². The van der Waals surface area contributed by atoms with E-state index < -0.39 is 16.9 Å². The Morgan fingerprint density at radius 3 is 2.54 bits per heavy atom. The van der Waals surface area contributed by atoms with Crippen molar-refractivity contribution >= 4 is 29.1 Å². The Morgan fingerprint density at radius 1 is 1.14 bits per heavy atom. The van der Waals surface area contributed by atoms with Crippen molar-refractivity contribution < 1.29 is 19.4 Å². The zero-order valence-corrected chi connectivity index (χ0v) is 19.2. The summed E-state index contributed by atoms with van der Waals surface area (Å²) in [6, 6.07) is 9.19. The highest BCUT2D eigenvalue weighted by Crippen LogP contribution is 2.51. The normalized spacial score (nSPS) is 28.6. The fourth-order valence-corrected chi connectivity index (χ4v) is 5.55. The molecule has 6 rings (SSSR count). The van der Waals surface area contributed by atoms with Gasteiger partial charge in [-0.15, -0.1) is 0 Å². The average molecular weight is 475 g/mol. The van der Waals surface area contributed by atoms with Crippen molar-refractivity contribution in [3.05, 3.63) is 42.2 Å². The summed E-state index contributed by atoms with van der Waals surface area (Å²) in [7, 11) is 0. The molecule has 2 aromatic rings. The maximum Gasteiger partial charge on any atom is 0.273 e. The topological polar surface area (TPSA) is 132 Å². The lowest BCUT2D eigenvalue weighted by atomic mass is 9.95. The number of morpholine rings is 1. The molecule has 5 heterocycles. The molecule has 2 bridgehead atoms. The van der Waals surface area contributed by atoms with Gasteiger partial charge in [0, 0.05) is 37.1 Å². The number of aliphatic hydroxyl groups is 1. The molecule has 10 nitrogen and oxygen atoms in total. The van der Waals surface area contributed by atoms with Gasteiger partial charge in [-0.25, -0.2) is 9.97 Å². The second-order valence-electron chi connectivity index (χ2n) is 9.85. The van der Waals surface area contributed by atoms with Gasteiger partial charge >= 0.3 is 0 Å². The van der Waals surface area contributed by atoms with Gasteiger partial charge in [-0.3, -0.25) is 9.59 Å². The molecule has 2 amide bonds. The van der Waals surface area contributed by atoms with E-state index in [4.69, 9.17) is 10.00 Å². The number of rotatable bonds is 5. The molecule has 1 aliphatic carbocycles. The van der Waals surface area contributed by atoms with E-state index in [9.17, 15) is 14.7 Å². The lowest BCUT2D eigenvalue weighted by Crippen LogP contribution is -2.52. The summed E-state index contributed by atoms with van der Waals surface area (Å²) in [5.41, 5.74) is -0.988. The Hall–Kier alpha value is -3.55. The molecule has 35 heavy (non-hydrogen) atoms. The molecule has 0 aromatic carbocycles. The van der Waals surface area contributed by atoms with Crippen LogP contribution >= 0.6 is 0 Å². The van der Waals surface area contributed by atoms with Crippen LogP contribution in [0.3, 0.4) is 0 Å². The van der Waals surface area contributed by atoms with Gasteiger partial charge in [0.25, 0.3) is 5.91 Å². The maximum absolute atomic E-state index is 13.5. The first-order valence-electron chi connectivity index (χ1n) is 12.0. The second-order valence-corrected chi connectivity index (χ2v) is 9.85. The van der Waals surface area contributed by atoms with Crippen LogP contribution in [-0.2, 0) is 19.7 Å². The number of nitrogens with one attached hydrogen (secondary N) is 1. The molecule has 0 spiro atoms. The number of fused-ring (bicyclic) bond motifs is 2. The van der Waals surface area contributed by atoms with Crippen LogP contribution in [0.1, 0.15) is 37.7 Å². The van der Waals surface area contributed by atoms with Crippen molar-refractivity contribution in [2.24, 2.45) is 0 Å². The second kappa shape index (κ2) is 8.00. The average Bonchev–Trinajstić information content (AvgIpc) is 3.58. The third kappa shape index (κ3) is 3.54. The molecule has 2 N–H and O–H groups in total. The standard InChI is InChI=1S/C25H26N6O4/c26-15-25(34)8-10-30(23(25)33)17-5-9-27-21(11-17)29-20-4-1-16(12-28-20)24(6-7-24)22(32)31-18-2-3-19(31)14-35-13-18/h1,4-5,9,11-12,18-19,34H,2-3,6-8,10,13-14H2,(H,27,28,29)/t18?,19?,25-/m0/s1. The number of hydrogen-bond donors (Lipinski definition) is 2. The molecule has 0 radical (unpaired) electrons. The minimum Gasteiger partial charge on any atom is -0.377 e. The summed E-state index contributed by atoms with van der Waals surface area (Å²) in [5.74, 6) is 0.616. The number of carbonyl (C=O) groups is 2. The number of hydrogen-bond acceptors (Lipinski definition) is 8. The summed E-state index contributed by atoms with van der Waals surface area (Å²) >= 11 is 0. The van der Waals surface area contributed by atoms with Crippen molar-refractivity contribution in [1.29, 1.82) is 5.26 Å². The Bertz CT molecular complexity index is 1210. The van der Waals surface area contributed by atoms with E-state index in [0.29, 0.717) is 30.5 Å². The van der Waals surface area contributed by atoms with Crippen molar-refractivity contribution in [3.8, 4) is 6.07 Å². The molecule has 3 atom stereocenters. The Labute approximate surface area is 202 Å². The maximum atomic E-state index is 13.5. The largest absolute Gasteiger partial charge is 0.377 e. The molecule has 2 aromatic heterocycles. The summed E-state index contributed by atoms with van der Waals surface area (Å²) in [6.45, 7) is 1.51. The predicted octanol–water partition coefficient (Wildman–Crippen LogP) is 1.63. The fraction of sp³-hybridized carbons (Fsp3) is 0.480. The Balaban J connectivity index is 1.17. The number of pyridine rings is 2. The molecule has 2 unspecified atom stereocenters. The van der Waals surface area contributed by atoms with Crippen molar-refractivity contribution in [2.45, 2.75) is 55.2 Å². The van der Waals surface area contributed by atoms with E-state index in [2.05, 4.69) is 20.2 Å². The first-order chi connectivity index (χ1) is 16.9. The molecule has 4 aliphatic rings. The van der Waals surface area contributed by atoms with E-state index in [0.717, 1.165) is 31.2 Å². The van der Waals surface area contributed by atoms with Gasteiger partial charge in [0.1, 0.15) is 17.7 Å². The predicted molar refractivity (Wildman–Crippen MR) is 125 cm³/mol. The number of nitriles is 1. The number of nitrogens with zero attached hydrogens (tertiary/aromatic N) is 5. The zero-order chi connectivity index (χ0) is 24.2. The Kier molecular flexibility index (Phi) is 5.02. The first-order valence-corrected chi connectivity index (χ1v) is 12.0. The van der Waals surface area contributed by atoms with Gasteiger partial charge in [-0.2, -0.15) is 5.26 Å². The van der Waals surface area contributed by atoms with Crippen LogP contribution in [0.2, 0.25) is 0 Å². The number of carbonyl (C=O) groups excluding carboxylic acids is 2. The SMILES string of the molecule is N#C[C@@]1(O)CCN(c2ccnc(Nc3ccc(C4(C(=O)N5C6CCC5COC6)CC4)cn3)c2)C1=O. The molecule has 180 valence electrons. The van der Waals surface area contributed by atoms with Crippen molar-refractivity contribution in [1.82, 2.24) is 14.9 Å². The van der Waals surface area contributed by atoms with Crippen LogP contribution in [0.25, 0.3) is 0 Å². The smallest absolute Gasteiger partial charge is 0.273 e. The fourth-order valence-electron chi connectivity index (χ4n) is 5.55. The number of amides is 2. The Morgan fingerprint density at radius 2 is 1.91 bits per heavy atom. The van der Waals surface area contributed by atoms with Gasteiger partial charge in [0.15, 0.2) is 0 Å². The van der Waals surface area contributed by atoms with E-state index in [1.54, 1.807) is 30.6 Å². The van der Waals surface area contributed by atoms with Crippen molar-refractivity contribution in [3.63, 3.8) is 0 Å². The first kappa shape index (κ1) is 21.9. The summed E-state index contributed by atoms with van der Waals surface area (Å²) < 4.78 is 5.64. The highest BCUT2D eigenvalue weighted by atomic mass is 16.5. The van der Waals surface area contributed by atoms with Gasteiger partial charge in [0.05, 0.1) is 30.7 Å². The van der Waals surface area contributed by atoms with Gasteiger partial charge in [-0.05, 0) is 43.4 Å². The number of anilines is 3. The summed E-state index contributed by atoms with van der Waals surface area (Å²) in [6.07, 6.45) is 7.06. The monoisotopic (exact) mass is 474 g/mol. The van der Waals surface area contributed by atoms with Gasteiger partial charge < -0.3 is 25.0 Å². The van der Waals surface area contributed by atoms with Crippen molar-refractivity contribution in [2.75, 3.05) is 30.0 Å². The molecule has 1 saturated carbocycles. The van der Waals surface area contributed by atoms with Crippen LogP contribution in [0, 0.1) is 11.3 Å². The van der Waals surface area contributed by atoms with Crippen LogP contribution in [-0.4, -0.2) is 69.2 Å².